The predicted molar refractivity (Wildman–Crippen MR) is 211 cm³/mol. The van der Waals surface area contributed by atoms with E-state index >= 15 is 0 Å². The van der Waals surface area contributed by atoms with Gasteiger partial charge in [-0.25, -0.2) is 14.1 Å². The van der Waals surface area contributed by atoms with E-state index in [1.807, 2.05) is 0 Å². The maximum absolute atomic E-state index is 14.2. The molecule has 2 N–H and O–H groups in total. The molecule has 0 bridgehead atoms. The molecular weight excluding hydrogens is 745 g/mol. The van der Waals surface area contributed by atoms with Crippen molar-refractivity contribution in [2.24, 2.45) is 0 Å². The minimum absolute atomic E-state index is 0.0457. The summed E-state index contributed by atoms with van der Waals surface area (Å²) >= 11 is 6.35. The van der Waals surface area contributed by atoms with Crippen molar-refractivity contribution < 1.29 is 37.1 Å². The number of para-hydroxylation sites is 1. The Morgan fingerprint density at radius 3 is 2.20 bits per heavy atom. The molecule has 4 heterocycles. The SMILES string of the molecule is CCCCCCCCCCCCCCCCOCCCOP(=O)(OC[C@H]1O[C@@](C#N)(c2ccc3c(N)ncnn23)[C@@H]2OC(C)(C)O[C@@H]21)Oc1ccccc1Cl. The number of hydrogen-bond acceptors (Lipinski definition) is 12. The number of anilines is 1. The van der Waals surface area contributed by atoms with Gasteiger partial charge in [-0.1, -0.05) is 114 Å². The Kier molecular flexibility index (Phi) is 16.6. The smallest absolute Gasteiger partial charge is 0.402 e. The zero-order valence-electron chi connectivity index (χ0n) is 32.7. The third-order valence-electron chi connectivity index (χ3n) is 10.0. The van der Waals surface area contributed by atoms with E-state index in [1.165, 1.54) is 87.9 Å². The van der Waals surface area contributed by atoms with Crippen LogP contribution in [-0.2, 0) is 38.2 Å². The number of phosphoric acid groups is 1. The molecule has 2 aliphatic heterocycles. The molecule has 0 aliphatic carbocycles. The summed E-state index contributed by atoms with van der Waals surface area (Å²) < 4.78 is 58.0. The van der Waals surface area contributed by atoms with Gasteiger partial charge in [-0.2, -0.15) is 10.4 Å². The molecule has 0 spiro atoms. The minimum Gasteiger partial charge on any atom is -0.402 e. The summed E-state index contributed by atoms with van der Waals surface area (Å²) in [5.41, 5.74) is 5.27. The summed E-state index contributed by atoms with van der Waals surface area (Å²) in [5.74, 6) is -0.680. The van der Waals surface area contributed by atoms with Crippen molar-refractivity contribution in [2.75, 3.05) is 32.2 Å². The molecule has 5 atom stereocenters. The first-order valence-electron chi connectivity index (χ1n) is 20.1. The van der Waals surface area contributed by atoms with E-state index in [4.69, 9.17) is 49.9 Å². The summed E-state index contributed by atoms with van der Waals surface area (Å²) in [7, 11) is -4.28. The minimum atomic E-state index is -4.28. The van der Waals surface area contributed by atoms with Crippen molar-refractivity contribution in [3.63, 3.8) is 0 Å². The van der Waals surface area contributed by atoms with Crippen LogP contribution in [0.2, 0.25) is 5.02 Å². The number of rotatable bonds is 26. The fourth-order valence-corrected chi connectivity index (χ4v) is 8.69. The van der Waals surface area contributed by atoms with Crippen LogP contribution in [0.3, 0.4) is 0 Å². The lowest BCUT2D eigenvalue weighted by Crippen LogP contribution is -2.40. The van der Waals surface area contributed by atoms with Gasteiger partial charge in [0.15, 0.2) is 11.6 Å². The summed E-state index contributed by atoms with van der Waals surface area (Å²) in [5, 5.41) is 15.2. The number of nitriles is 1. The molecule has 0 radical (unpaired) electrons. The maximum Gasteiger partial charge on any atom is 0.530 e. The van der Waals surface area contributed by atoms with Gasteiger partial charge < -0.3 is 29.2 Å². The molecule has 2 fully saturated rings. The quantitative estimate of drug-likeness (QED) is 0.0605. The van der Waals surface area contributed by atoms with Crippen LogP contribution in [-0.4, -0.2) is 65.1 Å². The number of nitrogens with two attached hydrogens (primary N) is 1. The molecule has 2 saturated heterocycles. The van der Waals surface area contributed by atoms with Gasteiger partial charge >= 0.3 is 7.82 Å². The van der Waals surface area contributed by atoms with Crippen LogP contribution in [0.4, 0.5) is 5.82 Å². The van der Waals surface area contributed by atoms with Gasteiger partial charge in [-0.05, 0) is 51.0 Å². The molecule has 0 amide bonds. The molecule has 1 aromatic carbocycles. The molecule has 5 rings (SSSR count). The van der Waals surface area contributed by atoms with Crippen molar-refractivity contribution in [1.82, 2.24) is 14.6 Å². The highest BCUT2D eigenvalue weighted by atomic mass is 35.5. The Morgan fingerprint density at radius 1 is 0.873 bits per heavy atom. The standard InChI is InChI=1S/C40H59ClN5O8P/c1-4-5-6-7-8-9-10-11-12-13-14-15-16-19-25-48-26-20-27-49-55(47,54-33-22-18-17-21-31(33)41)50-28-34-36-37(53-39(2,3)52-36)40(29-42,51-34)35-24-23-32-38(43)44-30-45-46(32)35/h17-18,21-24,30,34,36-37H,4-16,19-20,25-28H2,1-3H3,(H2,43,44,45)/t34-,36-,37-,40+,55?/m1/s1. The number of nitrogens with zero attached hydrogens (tertiary/aromatic N) is 4. The number of unbranched alkanes of at least 4 members (excludes halogenated alkanes) is 13. The van der Waals surface area contributed by atoms with Gasteiger partial charge in [0.1, 0.15) is 42.0 Å². The van der Waals surface area contributed by atoms with E-state index in [0.29, 0.717) is 30.8 Å². The number of ether oxygens (including phenoxy) is 4. The van der Waals surface area contributed by atoms with E-state index in [-0.39, 0.29) is 29.8 Å². The normalized spacial score (nSPS) is 22.8. The lowest BCUT2D eigenvalue weighted by molar-refractivity contribution is -0.204. The molecule has 3 aromatic rings. The van der Waals surface area contributed by atoms with E-state index in [2.05, 4.69) is 23.1 Å². The van der Waals surface area contributed by atoms with Crippen molar-refractivity contribution in [1.29, 1.82) is 5.26 Å². The van der Waals surface area contributed by atoms with Crippen molar-refractivity contribution in [3.8, 4) is 11.8 Å². The molecule has 15 heteroatoms. The fraction of sp³-hybridized carbons (Fsp3) is 0.675. The number of phosphoric ester groups is 1. The van der Waals surface area contributed by atoms with Gasteiger partial charge in [-0.3, -0.25) is 9.05 Å². The van der Waals surface area contributed by atoms with Gasteiger partial charge in [-0.15, -0.1) is 0 Å². The Labute approximate surface area is 331 Å². The van der Waals surface area contributed by atoms with Crippen LogP contribution in [0.15, 0.2) is 42.7 Å². The molecule has 2 aromatic heterocycles. The fourth-order valence-electron chi connectivity index (χ4n) is 7.20. The van der Waals surface area contributed by atoms with Crippen LogP contribution >= 0.6 is 19.4 Å². The maximum atomic E-state index is 14.2. The number of benzene rings is 1. The number of aromatic nitrogens is 3. The second-order valence-electron chi connectivity index (χ2n) is 14.8. The van der Waals surface area contributed by atoms with E-state index in [9.17, 15) is 9.83 Å². The van der Waals surface area contributed by atoms with Gasteiger partial charge in [0.05, 0.1) is 23.9 Å². The highest BCUT2D eigenvalue weighted by molar-refractivity contribution is 7.48. The predicted octanol–water partition coefficient (Wildman–Crippen LogP) is 9.71. The lowest BCUT2D eigenvalue weighted by Gasteiger charge is -2.29. The molecule has 13 nitrogen and oxygen atoms in total. The molecule has 2 aliphatic rings. The van der Waals surface area contributed by atoms with Crippen LogP contribution in [0, 0.1) is 11.3 Å². The second-order valence-corrected chi connectivity index (χ2v) is 16.8. The average molecular weight is 804 g/mol. The molecule has 55 heavy (non-hydrogen) atoms. The van der Waals surface area contributed by atoms with Crippen LogP contribution < -0.4 is 10.3 Å². The number of halogens is 1. The average Bonchev–Trinajstić information content (AvgIpc) is 3.83. The van der Waals surface area contributed by atoms with Crippen LogP contribution in [0.5, 0.6) is 5.75 Å². The first-order chi connectivity index (χ1) is 26.6. The largest absolute Gasteiger partial charge is 0.530 e. The second kappa shape index (κ2) is 21.1. The summed E-state index contributed by atoms with van der Waals surface area (Å²) in [6.07, 6.45) is 17.5. The summed E-state index contributed by atoms with van der Waals surface area (Å²) in [6.45, 7) is 6.59. The third kappa shape index (κ3) is 11.9. The summed E-state index contributed by atoms with van der Waals surface area (Å²) in [4.78, 5) is 4.04. The van der Waals surface area contributed by atoms with Gasteiger partial charge in [0.25, 0.3) is 0 Å². The molecule has 1 unspecified atom stereocenters. The van der Waals surface area contributed by atoms with Crippen LogP contribution in [0.1, 0.15) is 123 Å². The van der Waals surface area contributed by atoms with E-state index < -0.39 is 37.5 Å². The first kappa shape index (κ1) is 43.3. The van der Waals surface area contributed by atoms with E-state index in [0.717, 1.165) is 12.8 Å². The van der Waals surface area contributed by atoms with E-state index in [1.54, 1.807) is 50.2 Å². The topological polar surface area (TPSA) is 162 Å². The highest BCUT2D eigenvalue weighted by Crippen LogP contribution is 2.54. The van der Waals surface area contributed by atoms with Gasteiger partial charge in [0, 0.05) is 13.2 Å². The Morgan fingerprint density at radius 2 is 1.53 bits per heavy atom. The third-order valence-corrected chi connectivity index (χ3v) is 11.7. The number of hydrogen-bond donors (Lipinski definition) is 1. The first-order valence-corrected chi connectivity index (χ1v) is 21.9. The molecular formula is C40H59ClN5O8P. The monoisotopic (exact) mass is 803 g/mol. The van der Waals surface area contributed by atoms with Crippen molar-refractivity contribution in [2.45, 2.75) is 147 Å². The lowest BCUT2D eigenvalue weighted by atomic mass is 9.92. The van der Waals surface area contributed by atoms with Crippen LogP contribution in [0.25, 0.3) is 5.52 Å². The van der Waals surface area contributed by atoms with Gasteiger partial charge in [0.2, 0.25) is 5.60 Å². The molecule has 304 valence electrons. The number of fused-ring (bicyclic) bond motifs is 2. The Bertz CT molecular complexity index is 1720. The van der Waals surface area contributed by atoms with Crippen molar-refractivity contribution in [3.05, 3.63) is 53.4 Å². The Hall–Kier alpha value is -2.79. The zero-order chi connectivity index (χ0) is 39.2. The van der Waals surface area contributed by atoms with Crippen molar-refractivity contribution >= 4 is 30.8 Å². The molecule has 0 saturated carbocycles. The highest BCUT2D eigenvalue weighted by Gasteiger charge is 2.65. The summed E-state index contributed by atoms with van der Waals surface area (Å²) in [6, 6.07) is 12.3. The Balaban J connectivity index is 1.08. The zero-order valence-corrected chi connectivity index (χ0v) is 34.3. The number of nitrogen functional groups attached to an aromatic ring is 1.